The van der Waals surface area contributed by atoms with Crippen molar-refractivity contribution in [2.45, 2.75) is 52.7 Å². The van der Waals surface area contributed by atoms with Gasteiger partial charge in [0.05, 0.1) is 12.2 Å². The second kappa shape index (κ2) is 5.98. The number of carbonyl (C=O) groups is 2. The zero-order valence-electron chi connectivity index (χ0n) is 12.1. The maximum atomic E-state index is 12.2. The van der Waals surface area contributed by atoms with Crippen LogP contribution in [0, 0.1) is 0 Å². The molecule has 0 unspecified atom stereocenters. The maximum absolute atomic E-state index is 12.2. The van der Waals surface area contributed by atoms with Crippen LogP contribution in [0.5, 0.6) is 0 Å². The zero-order valence-corrected chi connectivity index (χ0v) is 12.1. The number of amides is 2. The highest BCUT2D eigenvalue weighted by Gasteiger charge is 2.26. The predicted octanol–water partition coefficient (Wildman–Crippen LogP) is 0.796. The van der Waals surface area contributed by atoms with E-state index in [9.17, 15) is 9.59 Å². The molecule has 0 aliphatic carbocycles. The molecule has 6 heteroatoms. The van der Waals surface area contributed by atoms with Crippen LogP contribution in [-0.4, -0.2) is 32.7 Å². The number of fused-ring (bicyclic) bond motifs is 1. The molecule has 0 saturated heterocycles. The summed E-state index contributed by atoms with van der Waals surface area (Å²) in [7, 11) is 0. The molecule has 1 aromatic rings. The van der Waals surface area contributed by atoms with Gasteiger partial charge in [-0.25, -0.2) is 9.97 Å². The number of aromatic nitrogens is 2. The Morgan fingerprint density at radius 1 is 1.45 bits per heavy atom. The average molecular weight is 276 g/mol. The number of carbonyl (C=O) groups excluding carboxylic acids is 2. The van der Waals surface area contributed by atoms with Gasteiger partial charge in [0, 0.05) is 44.1 Å². The van der Waals surface area contributed by atoms with Crippen LogP contribution >= 0.6 is 0 Å². The first-order valence-electron chi connectivity index (χ1n) is 6.88. The molecule has 1 N–H and O–H groups in total. The van der Waals surface area contributed by atoms with Crippen LogP contribution in [0.4, 0.5) is 0 Å². The molecule has 0 aromatic carbocycles. The van der Waals surface area contributed by atoms with E-state index in [1.807, 2.05) is 20.0 Å². The molecule has 0 spiro atoms. The van der Waals surface area contributed by atoms with Crippen molar-refractivity contribution >= 4 is 11.8 Å². The number of nitrogens with one attached hydrogen (secondary N) is 1. The third-order valence-corrected chi connectivity index (χ3v) is 3.31. The number of hydrogen-bond acceptors (Lipinski definition) is 4. The highest BCUT2D eigenvalue weighted by Crippen LogP contribution is 2.21. The third-order valence-electron chi connectivity index (χ3n) is 3.31. The molecule has 0 radical (unpaired) electrons. The fourth-order valence-electron chi connectivity index (χ4n) is 2.33. The summed E-state index contributed by atoms with van der Waals surface area (Å²) in [6.07, 6.45) is 2.91. The van der Waals surface area contributed by atoms with Crippen molar-refractivity contribution < 1.29 is 9.59 Å². The van der Waals surface area contributed by atoms with Crippen molar-refractivity contribution in [3.05, 3.63) is 23.3 Å². The van der Waals surface area contributed by atoms with E-state index in [2.05, 4.69) is 15.3 Å². The molecule has 6 nitrogen and oxygen atoms in total. The van der Waals surface area contributed by atoms with Crippen molar-refractivity contribution in [2.24, 2.45) is 0 Å². The highest BCUT2D eigenvalue weighted by molar-refractivity contribution is 5.79. The molecule has 2 amide bonds. The Balaban J connectivity index is 1.96. The summed E-state index contributed by atoms with van der Waals surface area (Å²) in [5.74, 6) is 0.723. The number of rotatable bonds is 4. The second-order valence-electron chi connectivity index (χ2n) is 5.17. The van der Waals surface area contributed by atoms with E-state index < -0.39 is 0 Å². The summed E-state index contributed by atoms with van der Waals surface area (Å²) in [6.45, 7) is 6.39. The van der Waals surface area contributed by atoms with E-state index in [0.717, 1.165) is 23.5 Å². The van der Waals surface area contributed by atoms with Gasteiger partial charge < -0.3 is 10.2 Å². The van der Waals surface area contributed by atoms with E-state index >= 15 is 0 Å². The summed E-state index contributed by atoms with van der Waals surface area (Å²) in [5.41, 5.74) is 1.96. The molecular weight excluding hydrogens is 256 g/mol. The largest absolute Gasteiger partial charge is 0.353 e. The van der Waals surface area contributed by atoms with Gasteiger partial charge in [-0.15, -0.1) is 0 Å². The molecular formula is C14H20N4O2. The topological polar surface area (TPSA) is 75.2 Å². The van der Waals surface area contributed by atoms with Crippen LogP contribution in [0.25, 0.3) is 0 Å². The van der Waals surface area contributed by atoms with Crippen LogP contribution in [0.1, 0.15) is 44.3 Å². The molecule has 1 aromatic heterocycles. The molecule has 108 valence electrons. The molecule has 2 heterocycles. The summed E-state index contributed by atoms with van der Waals surface area (Å²) in [6, 6.07) is -0.152. The Hall–Kier alpha value is -1.98. The summed E-state index contributed by atoms with van der Waals surface area (Å²) in [5, 5.41) is 2.72. The first-order valence-corrected chi connectivity index (χ1v) is 6.88. The fourth-order valence-corrected chi connectivity index (χ4v) is 2.33. The van der Waals surface area contributed by atoms with E-state index in [1.54, 1.807) is 4.90 Å². The fraction of sp³-hybridized carbons (Fsp3) is 0.571. The van der Waals surface area contributed by atoms with Gasteiger partial charge in [-0.1, -0.05) is 6.92 Å². The molecule has 0 fully saturated rings. The Morgan fingerprint density at radius 3 is 2.85 bits per heavy atom. The van der Waals surface area contributed by atoms with Crippen molar-refractivity contribution in [1.82, 2.24) is 20.2 Å². The van der Waals surface area contributed by atoms with Crippen molar-refractivity contribution in [2.75, 3.05) is 0 Å². The van der Waals surface area contributed by atoms with Crippen LogP contribution in [-0.2, 0) is 29.1 Å². The van der Waals surface area contributed by atoms with Crippen molar-refractivity contribution in [3.63, 3.8) is 0 Å². The Kier molecular flexibility index (Phi) is 4.32. The van der Waals surface area contributed by atoms with Gasteiger partial charge in [0.2, 0.25) is 11.8 Å². The second-order valence-corrected chi connectivity index (χ2v) is 5.17. The van der Waals surface area contributed by atoms with E-state index in [0.29, 0.717) is 19.5 Å². The smallest absolute Gasteiger partial charge is 0.225 e. The van der Waals surface area contributed by atoms with Gasteiger partial charge >= 0.3 is 0 Å². The molecule has 1 atom stereocenters. The number of nitrogens with zero attached hydrogens (tertiary/aromatic N) is 3. The lowest BCUT2D eigenvalue weighted by molar-refractivity contribution is -0.132. The number of hydrogen-bond donors (Lipinski definition) is 1. The molecule has 0 bridgehead atoms. The lowest BCUT2D eigenvalue weighted by Crippen LogP contribution is -2.36. The minimum absolute atomic E-state index is 0.0299. The molecule has 2 rings (SSSR count). The van der Waals surface area contributed by atoms with Gasteiger partial charge in [0.25, 0.3) is 0 Å². The third kappa shape index (κ3) is 3.31. The Morgan fingerprint density at radius 2 is 2.20 bits per heavy atom. The van der Waals surface area contributed by atoms with Crippen LogP contribution in [0.3, 0.4) is 0 Å². The Labute approximate surface area is 118 Å². The normalized spacial score (nSPS) is 14.8. The monoisotopic (exact) mass is 276 g/mol. The summed E-state index contributed by atoms with van der Waals surface area (Å²) in [4.78, 5) is 33.6. The summed E-state index contributed by atoms with van der Waals surface area (Å²) >= 11 is 0. The molecule has 1 aliphatic heterocycles. The minimum Gasteiger partial charge on any atom is -0.353 e. The average Bonchev–Trinajstić information content (AvgIpc) is 2.80. The number of aryl methyl sites for hydroxylation is 1. The first-order chi connectivity index (χ1) is 9.49. The Bertz CT molecular complexity index is 530. The van der Waals surface area contributed by atoms with Crippen LogP contribution < -0.4 is 5.32 Å². The van der Waals surface area contributed by atoms with E-state index in [-0.39, 0.29) is 17.9 Å². The van der Waals surface area contributed by atoms with Gasteiger partial charge in [-0.05, 0) is 6.92 Å². The lowest BCUT2D eigenvalue weighted by atomic mass is 10.2. The SMILES string of the molecule is CCc1ncc2c(n1)CN(C(=O)C[C@@H](C)NC(C)=O)C2. The zero-order chi connectivity index (χ0) is 14.7. The van der Waals surface area contributed by atoms with Crippen LogP contribution in [0.2, 0.25) is 0 Å². The quantitative estimate of drug-likeness (QED) is 0.882. The van der Waals surface area contributed by atoms with Gasteiger partial charge in [0.1, 0.15) is 5.82 Å². The van der Waals surface area contributed by atoms with Gasteiger partial charge in [-0.2, -0.15) is 0 Å². The van der Waals surface area contributed by atoms with Crippen LogP contribution in [0.15, 0.2) is 6.20 Å². The van der Waals surface area contributed by atoms with E-state index in [4.69, 9.17) is 0 Å². The highest BCUT2D eigenvalue weighted by atomic mass is 16.2. The minimum atomic E-state index is -0.152. The maximum Gasteiger partial charge on any atom is 0.225 e. The lowest BCUT2D eigenvalue weighted by Gasteiger charge is -2.18. The summed E-state index contributed by atoms with van der Waals surface area (Å²) < 4.78 is 0. The van der Waals surface area contributed by atoms with Gasteiger partial charge in [-0.3, -0.25) is 9.59 Å². The standard InChI is InChI=1S/C14H20N4O2/c1-4-13-15-6-11-7-18(8-12(11)17-13)14(20)5-9(2)16-10(3)19/h6,9H,4-5,7-8H2,1-3H3,(H,16,19)/t9-/m1/s1. The van der Waals surface area contributed by atoms with E-state index in [1.165, 1.54) is 6.92 Å². The molecule has 20 heavy (non-hydrogen) atoms. The first kappa shape index (κ1) is 14.4. The molecule has 1 aliphatic rings. The van der Waals surface area contributed by atoms with Crippen molar-refractivity contribution in [3.8, 4) is 0 Å². The van der Waals surface area contributed by atoms with Gasteiger partial charge in [0.15, 0.2) is 0 Å². The predicted molar refractivity (Wildman–Crippen MR) is 73.6 cm³/mol. The molecule has 0 saturated carbocycles. The van der Waals surface area contributed by atoms with Crippen molar-refractivity contribution in [1.29, 1.82) is 0 Å².